The van der Waals surface area contributed by atoms with Gasteiger partial charge in [-0.2, -0.15) is 0 Å². The first-order valence-electron chi connectivity index (χ1n) is 12.9. The fourth-order valence-corrected chi connectivity index (χ4v) is 14.1. The van der Waals surface area contributed by atoms with Gasteiger partial charge in [-0.3, -0.25) is 0 Å². The molecule has 0 aliphatic carbocycles. The number of hydrogen-bond acceptors (Lipinski definition) is 1. The maximum absolute atomic E-state index is 16.6. The summed E-state index contributed by atoms with van der Waals surface area (Å²) >= 11 is -3.23. The zero-order chi connectivity index (χ0) is 24.6. The van der Waals surface area contributed by atoms with Crippen molar-refractivity contribution in [2.75, 3.05) is 0 Å². The molecule has 0 N–H and O–H groups in total. The van der Waals surface area contributed by atoms with E-state index < -0.39 is 28.1 Å². The van der Waals surface area contributed by atoms with Gasteiger partial charge in [-0.25, -0.2) is 0 Å². The van der Waals surface area contributed by atoms with Gasteiger partial charge in [0.2, 0.25) is 0 Å². The second-order valence-electron chi connectivity index (χ2n) is 11.1. The van der Waals surface area contributed by atoms with E-state index in [1.54, 1.807) is 0 Å². The molecule has 10 heteroatoms. The predicted molar refractivity (Wildman–Crippen MR) is 170 cm³/mol. The molecule has 6 heterocycles. The summed E-state index contributed by atoms with van der Waals surface area (Å²) in [6, 6.07) is 28.6. The van der Waals surface area contributed by atoms with Crippen LogP contribution in [0.3, 0.4) is 0 Å². The number of aromatic nitrogens is 1. The Bertz CT molecular complexity index is 1870. The van der Waals surface area contributed by atoms with Gasteiger partial charge in [-0.05, 0) is 0 Å². The fourth-order valence-electron chi connectivity index (χ4n) is 7.15. The van der Waals surface area contributed by atoms with Crippen LogP contribution < -0.4 is 16.4 Å². The fraction of sp³-hybridized carbons (Fsp3) is 0.111. The molecule has 0 spiro atoms. The molecule has 5 aliphatic rings. The van der Waals surface area contributed by atoms with Gasteiger partial charge in [0, 0.05) is 0 Å². The Labute approximate surface area is 227 Å². The van der Waals surface area contributed by atoms with Gasteiger partial charge < -0.3 is 0 Å². The van der Waals surface area contributed by atoms with E-state index in [9.17, 15) is 0 Å². The second kappa shape index (κ2) is 7.24. The van der Waals surface area contributed by atoms with Gasteiger partial charge >= 0.3 is 228 Å². The Kier molecular flexibility index (Phi) is 4.24. The Morgan fingerprint density at radius 3 is 2.43 bits per heavy atom. The van der Waals surface area contributed by atoms with E-state index in [0.717, 1.165) is 19.9 Å². The van der Waals surface area contributed by atoms with E-state index in [1.165, 1.54) is 38.7 Å². The van der Waals surface area contributed by atoms with Crippen LogP contribution in [0, 0.1) is 3.57 Å². The number of halogens is 2. The summed E-state index contributed by atoms with van der Waals surface area (Å²) in [6.07, 6.45) is 0.923. The molecule has 5 aliphatic heterocycles. The van der Waals surface area contributed by atoms with Gasteiger partial charge in [0.15, 0.2) is 0 Å². The molecular formula is C27H19B5FIN2P. The zero-order valence-electron chi connectivity index (χ0n) is 20.5. The number of hydrogen-bond donors (Lipinski definition) is 0. The molecule has 2 bridgehead atoms. The zero-order valence-corrected chi connectivity index (χ0v) is 23.5. The van der Waals surface area contributed by atoms with Crippen molar-refractivity contribution in [1.29, 1.82) is 0 Å². The van der Waals surface area contributed by atoms with Gasteiger partial charge in [-0.15, -0.1) is 0 Å². The van der Waals surface area contributed by atoms with Crippen molar-refractivity contribution < 1.29 is 2.86 Å². The van der Waals surface area contributed by atoms with Gasteiger partial charge in [0.1, 0.15) is 0 Å². The van der Waals surface area contributed by atoms with Crippen molar-refractivity contribution in [1.82, 2.24) is 4.57 Å². The molecule has 0 atom stereocenters. The Morgan fingerprint density at radius 1 is 0.946 bits per heavy atom. The molecule has 3 saturated heterocycles. The average Bonchev–Trinajstić information content (AvgIpc) is 3.22. The third-order valence-corrected chi connectivity index (χ3v) is 15.7. The molecule has 5 aromatic rings. The van der Waals surface area contributed by atoms with Crippen molar-refractivity contribution in [3.05, 3.63) is 93.6 Å². The van der Waals surface area contributed by atoms with Crippen molar-refractivity contribution >= 4 is 99.6 Å². The van der Waals surface area contributed by atoms with Crippen LogP contribution in [0.5, 0.6) is 0 Å². The number of fused-ring (bicyclic) bond motifs is 8. The van der Waals surface area contributed by atoms with E-state index in [0.29, 0.717) is 12.4 Å². The average molecular weight is 602 g/mol. The first kappa shape index (κ1) is 21.7. The Morgan fingerprint density at radius 2 is 1.65 bits per heavy atom. The normalized spacial score (nSPS) is 17.6. The van der Waals surface area contributed by atoms with Crippen LogP contribution in [0.1, 0.15) is 25.0 Å². The third-order valence-electron chi connectivity index (χ3n) is 9.05. The summed E-state index contributed by atoms with van der Waals surface area (Å²) in [5, 5.41) is 2.26. The third kappa shape index (κ3) is 2.59. The van der Waals surface area contributed by atoms with E-state index in [4.69, 9.17) is 2.96 Å². The van der Waals surface area contributed by atoms with Crippen LogP contribution in [0.4, 0.5) is 2.86 Å². The van der Waals surface area contributed by atoms with Gasteiger partial charge in [-0.1, -0.05) is 0 Å². The molecule has 3 fully saturated rings. The van der Waals surface area contributed by atoms with Crippen LogP contribution >= 0.6 is 28.1 Å². The quantitative estimate of drug-likeness (QED) is 0.154. The van der Waals surface area contributed by atoms with Crippen LogP contribution in [-0.2, 0) is 5.41 Å². The molecule has 3 radical (unpaired) electrons. The van der Waals surface area contributed by atoms with Crippen molar-refractivity contribution in [3.63, 3.8) is 0 Å². The summed E-state index contributed by atoms with van der Waals surface area (Å²) < 4.78 is 24.8. The van der Waals surface area contributed by atoms with E-state index in [2.05, 4.69) is 111 Å². The van der Waals surface area contributed by atoms with Crippen LogP contribution in [-0.4, -0.2) is 37.8 Å². The Balaban J connectivity index is 1.48. The summed E-state index contributed by atoms with van der Waals surface area (Å²) in [7, 11) is 4.12. The monoisotopic (exact) mass is 603 g/mol. The van der Waals surface area contributed by atoms with Gasteiger partial charge in [0.05, 0.1) is 0 Å². The number of para-hydroxylation sites is 2. The first-order valence-corrected chi connectivity index (χ1v) is 17.2. The van der Waals surface area contributed by atoms with E-state index in [1.807, 2.05) is 0 Å². The van der Waals surface area contributed by atoms with Crippen molar-refractivity contribution in [2.45, 2.75) is 19.3 Å². The molecule has 10 rings (SSSR count). The standard InChI is InChI=1S/C27H19B5FIN2P/c1-27(2)17-10-4-5-11-19(17)30-20-12-6-8-14-23(20)36-22-13-7-3-9-16(22)24-21(15-18(27)25(30)26(24)36)34(33)35-37-31-28-32(37)29-31/h3-15H,1-2H3. The van der Waals surface area contributed by atoms with E-state index >= 15 is 2.86 Å². The summed E-state index contributed by atoms with van der Waals surface area (Å²) in [5.74, 6) is 0. The van der Waals surface area contributed by atoms with Gasteiger partial charge in [0.25, 0.3) is 0 Å². The first-order chi connectivity index (χ1) is 18.0. The Hall–Kier alpha value is -2.24. The van der Waals surface area contributed by atoms with Crippen LogP contribution in [0.15, 0.2) is 81.8 Å². The SMILES string of the molecule is CC1(C)c2ccccc2B2c3ccccc3-n3c4ccccc4c4c(I(F)N=[P+]5B6[B]B5[B-]6)cc1c2c43. The van der Waals surface area contributed by atoms with Crippen LogP contribution in [0.2, 0.25) is 0 Å². The molecular weight excluding hydrogens is 583 g/mol. The molecule has 0 unspecified atom stereocenters. The second-order valence-corrected chi connectivity index (χ2v) is 17.0. The van der Waals surface area contributed by atoms with Crippen molar-refractivity contribution in [2.24, 2.45) is 2.96 Å². The minimum absolute atomic E-state index is 0.149. The van der Waals surface area contributed by atoms with E-state index in [-0.39, 0.29) is 12.1 Å². The summed E-state index contributed by atoms with van der Waals surface area (Å²) in [4.78, 5) is 0. The molecule has 37 heavy (non-hydrogen) atoms. The predicted octanol–water partition coefficient (Wildman–Crippen LogP) is 4.80. The number of benzene rings is 4. The molecule has 2 nitrogen and oxygen atoms in total. The minimum atomic E-state index is -3.23. The molecule has 1 aromatic heterocycles. The summed E-state index contributed by atoms with van der Waals surface area (Å²) in [5.41, 5.74) is 10.1. The van der Waals surface area contributed by atoms with Crippen LogP contribution in [0.25, 0.3) is 27.5 Å². The number of nitrogens with zero attached hydrogens (tertiary/aromatic N) is 2. The molecule has 171 valence electrons. The number of rotatable bonds is 2. The molecule has 0 amide bonds. The summed E-state index contributed by atoms with van der Waals surface area (Å²) in [6.45, 7) is 4.79. The topological polar surface area (TPSA) is 17.3 Å². The molecule has 0 saturated carbocycles. The molecule has 4 aromatic carbocycles. The maximum atomic E-state index is 16.6. The van der Waals surface area contributed by atoms with Crippen molar-refractivity contribution in [3.8, 4) is 5.69 Å².